The Hall–Kier alpha value is -3.61. The van der Waals surface area contributed by atoms with Crippen LogP contribution in [0.25, 0.3) is 5.57 Å². The lowest BCUT2D eigenvalue weighted by atomic mass is 10.0. The normalized spacial score (nSPS) is 14.5. The van der Waals surface area contributed by atoms with Crippen LogP contribution in [-0.4, -0.2) is 31.6 Å². The zero-order valence-corrected chi connectivity index (χ0v) is 18.6. The fourth-order valence-corrected chi connectivity index (χ4v) is 2.78. The number of nitrogens with zero attached hydrogens (tertiary/aromatic N) is 1. The molecule has 0 radical (unpaired) electrons. The maximum atomic E-state index is 12.1. The minimum Gasteiger partial charge on any atom is -0.494 e. The minimum absolute atomic E-state index is 0.200. The van der Waals surface area contributed by atoms with Gasteiger partial charge in [-0.15, -0.1) is 0 Å². The van der Waals surface area contributed by atoms with Crippen LogP contribution in [0.3, 0.4) is 0 Å². The number of carbonyl (C=O) groups is 1. The van der Waals surface area contributed by atoms with Crippen LogP contribution in [0.1, 0.15) is 38.7 Å². The maximum absolute atomic E-state index is 12.1. The van der Waals surface area contributed by atoms with E-state index in [0.717, 1.165) is 30.4 Å². The van der Waals surface area contributed by atoms with E-state index in [-0.39, 0.29) is 17.2 Å². The quantitative estimate of drug-likeness (QED) is 0.258. The highest BCUT2D eigenvalue weighted by Crippen LogP contribution is 2.35. The van der Waals surface area contributed by atoms with Crippen molar-refractivity contribution in [2.24, 2.45) is 10.7 Å². The van der Waals surface area contributed by atoms with Gasteiger partial charge in [0.2, 0.25) is 0 Å². The van der Waals surface area contributed by atoms with Gasteiger partial charge in [0, 0.05) is 24.9 Å². The Labute approximate surface area is 184 Å². The second-order valence-electron chi connectivity index (χ2n) is 6.92. The summed E-state index contributed by atoms with van der Waals surface area (Å²) in [6, 6.07) is 5.67. The summed E-state index contributed by atoms with van der Waals surface area (Å²) in [5.74, 6) is 0.260. The van der Waals surface area contributed by atoms with Gasteiger partial charge in [0.15, 0.2) is 0 Å². The molecule has 0 atom stereocenters. The van der Waals surface area contributed by atoms with Crippen LogP contribution >= 0.6 is 0 Å². The number of methoxy groups -OCH3 is 1. The Morgan fingerprint density at radius 2 is 2.10 bits per heavy atom. The molecule has 164 valence electrons. The molecule has 1 fully saturated rings. The van der Waals surface area contributed by atoms with Gasteiger partial charge < -0.3 is 21.1 Å². The predicted octanol–water partition coefficient (Wildman–Crippen LogP) is 4.16. The number of rotatable bonds is 10. The summed E-state index contributed by atoms with van der Waals surface area (Å²) < 4.78 is 5.69. The minimum atomic E-state index is -0.540. The Bertz CT molecular complexity index is 978. The van der Waals surface area contributed by atoms with Gasteiger partial charge in [-0.25, -0.2) is 4.99 Å². The van der Waals surface area contributed by atoms with Crippen molar-refractivity contribution in [1.82, 2.24) is 5.32 Å². The van der Waals surface area contributed by atoms with E-state index in [0.29, 0.717) is 11.4 Å². The van der Waals surface area contributed by atoms with Gasteiger partial charge in [0.25, 0.3) is 5.91 Å². The van der Waals surface area contributed by atoms with Crippen LogP contribution in [0.5, 0.6) is 5.75 Å². The molecule has 1 aliphatic carbocycles. The van der Waals surface area contributed by atoms with Gasteiger partial charge in [0.1, 0.15) is 17.3 Å². The molecular weight excluding hydrogens is 390 g/mol. The molecule has 1 saturated carbocycles. The van der Waals surface area contributed by atoms with E-state index < -0.39 is 5.91 Å². The summed E-state index contributed by atoms with van der Waals surface area (Å²) in [5, 5.41) is 13.9. The predicted molar refractivity (Wildman–Crippen MR) is 129 cm³/mol. The van der Waals surface area contributed by atoms with Crippen LogP contribution in [0, 0.1) is 5.41 Å². The number of hydrogen-bond acceptors (Lipinski definition) is 5. The summed E-state index contributed by atoms with van der Waals surface area (Å²) in [5.41, 5.74) is 9.71. The first kappa shape index (κ1) is 23.7. The summed E-state index contributed by atoms with van der Waals surface area (Å²) in [4.78, 5) is 16.3. The molecule has 7 nitrogen and oxygen atoms in total. The standard InChI is InChI=1S/C24H31N5O2/c1-5-7-9-17(6-2)18-10-8-11-19(23(18)31-4)29-20(22(26)24(30)27-3)14-21(25)28-15-16-12-13-16/h6-11,14-15,26,29H,5,12-13H2,1-4H3,(H2,25,28)(H,27,30)/b9-7-,17-6+,20-14+,26-22?. The average Bonchev–Trinajstić information content (AvgIpc) is 3.61. The van der Waals surface area contributed by atoms with Crippen molar-refractivity contribution < 1.29 is 9.53 Å². The second-order valence-corrected chi connectivity index (χ2v) is 6.92. The van der Waals surface area contributed by atoms with Gasteiger partial charge in [-0.2, -0.15) is 0 Å². The molecule has 7 heteroatoms. The van der Waals surface area contributed by atoms with Crippen LogP contribution in [-0.2, 0) is 4.79 Å². The average molecular weight is 422 g/mol. The van der Waals surface area contributed by atoms with E-state index in [1.807, 2.05) is 37.3 Å². The second kappa shape index (κ2) is 11.5. The van der Waals surface area contributed by atoms with Crippen LogP contribution in [0.2, 0.25) is 0 Å². The third kappa shape index (κ3) is 6.70. The molecule has 0 bridgehead atoms. The first-order valence-electron chi connectivity index (χ1n) is 10.3. The number of anilines is 1. The molecule has 1 aromatic carbocycles. The molecule has 1 amide bonds. The van der Waals surface area contributed by atoms with Crippen molar-refractivity contribution in [2.45, 2.75) is 33.1 Å². The number of benzene rings is 1. The lowest BCUT2D eigenvalue weighted by Gasteiger charge is -2.18. The number of nitrogens with two attached hydrogens (primary N) is 1. The van der Waals surface area contributed by atoms with E-state index in [4.69, 9.17) is 15.9 Å². The van der Waals surface area contributed by atoms with Gasteiger partial charge in [-0.1, -0.05) is 42.9 Å². The number of amides is 1. The van der Waals surface area contributed by atoms with E-state index >= 15 is 0 Å². The Morgan fingerprint density at radius 3 is 2.68 bits per heavy atom. The number of carbonyl (C=O) groups excluding carboxylic acids is 1. The highest BCUT2D eigenvalue weighted by Gasteiger charge is 2.18. The number of ether oxygens (including phenoxy) is 1. The summed E-state index contributed by atoms with van der Waals surface area (Å²) in [6.45, 7) is 4.04. The molecular formula is C24H31N5O2. The largest absolute Gasteiger partial charge is 0.494 e. The Kier molecular flexibility index (Phi) is 8.81. The van der Waals surface area contributed by atoms with Crippen molar-refractivity contribution >= 4 is 28.7 Å². The molecule has 0 unspecified atom stereocenters. The monoisotopic (exact) mass is 421 g/mol. The van der Waals surface area contributed by atoms with E-state index in [9.17, 15) is 4.79 Å². The third-order valence-electron chi connectivity index (χ3n) is 4.59. The van der Waals surface area contributed by atoms with Crippen molar-refractivity contribution in [3.8, 4) is 5.75 Å². The Morgan fingerprint density at radius 1 is 1.35 bits per heavy atom. The lowest BCUT2D eigenvalue weighted by Crippen LogP contribution is -2.31. The highest BCUT2D eigenvalue weighted by molar-refractivity contribution is 6.45. The molecule has 0 spiro atoms. The first-order chi connectivity index (χ1) is 14.9. The van der Waals surface area contributed by atoms with Crippen LogP contribution in [0.4, 0.5) is 5.69 Å². The number of aliphatic imine (C=N–C) groups is 1. The molecule has 31 heavy (non-hydrogen) atoms. The zero-order valence-electron chi connectivity index (χ0n) is 18.6. The molecule has 0 aliphatic heterocycles. The van der Waals surface area contributed by atoms with Crippen molar-refractivity contribution in [1.29, 1.82) is 5.41 Å². The fourth-order valence-electron chi connectivity index (χ4n) is 2.78. The van der Waals surface area contributed by atoms with Gasteiger partial charge in [-0.05, 0) is 37.8 Å². The summed E-state index contributed by atoms with van der Waals surface area (Å²) in [6.07, 6.45) is 12.3. The smallest absolute Gasteiger partial charge is 0.271 e. The van der Waals surface area contributed by atoms with Gasteiger partial charge in [0.05, 0.1) is 18.5 Å². The molecule has 0 heterocycles. The molecule has 1 aromatic rings. The number of allylic oxidation sites excluding steroid dienone is 5. The molecule has 2 rings (SSSR count). The topological polar surface area (TPSA) is 113 Å². The third-order valence-corrected chi connectivity index (χ3v) is 4.59. The fraction of sp³-hybridized carbons (Fsp3) is 0.292. The van der Waals surface area contributed by atoms with Gasteiger partial charge >= 0.3 is 0 Å². The van der Waals surface area contributed by atoms with E-state index in [1.165, 1.54) is 18.7 Å². The summed E-state index contributed by atoms with van der Waals surface area (Å²) >= 11 is 0. The van der Waals surface area contributed by atoms with E-state index in [1.54, 1.807) is 13.3 Å². The molecule has 1 aliphatic rings. The van der Waals surface area contributed by atoms with Crippen molar-refractivity contribution in [3.05, 3.63) is 65.5 Å². The maximum Gasteiger partial charge on any atom is 0.271 e. The zero-order chi connectivity index (χ0) is 22.8. The van der Waals surface area contributed by atoms with E-state index in [2.05, 4.69) is 28.6 Å². The number of para-hydroxylation sites is 1. The molecule has 0 aromatic heterocycles. The molecule has 5 N–H and O–H groups in total. The highest BCUT2D eigenvalue weighted by atomic mass is 16.5. The number of nitrogens with one attached hydrogen (secondary N) is 3. The van der Waals surface area contributed by atoms with Crippen molar-refractivity contribution in [3.63, 3.8) is 0 Å². The van der Waals surface area contributed by atoms with Gasteiger partial charge in [-0.3, -0.25) is 10.2 Å². The summed E-state index contributed by atoms with van der Waals surface area (Å²) in [7, 11) is 3.06. The van der Waals surface area contributed by atoms with Crippen LogP contribution < -0.4 is 21.1 Å². The van der Waals surface area contributed by atoms with Crippen molar-refractivity contribution in [2.75, 3.05) is 19.5 Å². The Balaban J connectivity index is 2.48. The SMILES string of the molecule is C/C=C(\C=C/CC)c1cccc(N/C(=C/C(N)=NC=C2CC2)C(=N)C(=O)NC)c1OC. The number of amidine groups is 1. The lowest BCUT2D eigenvalue weighted by molar-refractivity contribution is -0.114. The molecule has 0 saturated heterocycles. The first-order valence-corrected chi connectivity index (χ1v) is 10.3. The van der Waals surface area contributed by atoms with Crippen LogP contribution in [0.15, 0.2) is 65.0 Å². The number of hydrogen-bond donors (Lipinski definition) is 4.